The van der Waals surface area contributed by atoms with Gasteiger partial charge in [-0.2, -0.15) is 0 Å². The molecule has 0 spiro atoms. The Kier molecular flexibility index (Phi) is 10.6. The summed E-state index contributed by atoms with van der Waals surface area (Å²) in [5.74, 6) is 0.799. The third-order valence-corrected chi connectivity index (χ3v) is 23.4. The zero-order valence-corrected chi connectivity index (χ0v) is 26.4. The fourth-order valence-corrected chi connectivity index (χ4v) is 21.6. The van der Waals surface area contributed by atoms with Gasteiger partial charge in [0.05, 0.1) is 0 Å². The van der Waals surface area contributed by atoms with Gasteiger partial charge in [-0.3, -0.25) is 0 Å². The molecule has 0 radical (unpaired) electrons. The summed E-state index contributed by atoms with van der Waals surface area (Å²) in [7, 11) is 0. The van der Waals surface area contributed by atoms with Crippen LogP contribution in [0.3, 0.4) is 0 Å². The minimum atomic E-state index is -2.60. The van der Waals surface area contributed by atoms with Crippen LogP contribution in [0.15, 0.2) is 78.2 Å². The van der Waals surface area contributed by atoms with Gasteiger partial charge in [0.15, 0.2) is 0 Å². The summed E-state index contributed by atoms with van der Waals surface area (Å²) in [4.78, 5) is 15.9. The van der Waals surface area contributed by atoms with Crippen LogP contribution in [-0.4, -0.2) is 33.3 Å². The van der Waals surface area contributed by atoms with E-state index in [4.69, 9.17) is 10.5 Å². The number of hydrogen-bond donors (Lipinski definition) is 1. The van der Waals surface area contributed by atoms with Crippen LogP contribution in [0.25, 0.3) is 44.3 Å². The molecular weight excluding hydrogens is 587 g/mol. The van der Waals surface area contributed by atoms with Crippen molar-refractivity contribution in [2.75, 3.05) is 0 Å². The number of unbranched alkanes of at least 4 members (excludes halogenated alkanes) is 3. The van der Waals surface area contributed by atoms with E-state index in [9.17, 15) is 0 Å². The van der Waals surface area contributed by atoms with Gasteiger partial charge in [0.25, 0.3) is 0 Å². The second kappa shape index (κ2) is 14.3. The predicted molar refractivity (Wildman–Crippen MR) is 166 cm³/mol. The molecule has 0 unspecified atom stereocenters. The van der Waals surface area contributed by atoms with Crippen LogP contribution in [0.5, 0.6) is 0 Å². The number of benzene rings is 2. The summed E-state index contributed by atoms with van der Waals surface area (Å²) in [6.07, 6.45) is 11.5. The zero-order valence-electron chi connectivity index (χ0n) is 23.5. The summed E-state index contributed by atoms with van der Waals surface area (Å²) in [6.45, 7) is 6.99. The van der Waals surface area contributed by atoms with E-state index in [1.165, 1.54) is 57.4 Å². The van der Waals surface area contributed by atoms with Crippen LogP contribution < -0.4 is 3.58 Å². The van der Waals surface area contributed by atoms with Gasteiger partial charge in [-0.25, -0.2) is 0 Å². The summed E-state index contributed by atoms with van der Waals surface area (Å²) < 4.78 is 5.97. The van der Waals surface area contributed by atoms with E-state index >= 15 is 0 Å². The van der Waals surface area contributed by atoms with E-state index in [0.717, 1.165) is 28.3 Å². The van der Waals surface area contributed by atoms with Gasteiger partial charge in [-0.1, -0.05) is 0 Å². The molecule has 2 heterocycles. The number of imidazole rings is 1. The number of H-pyrrole nitrogens is 1. The van der Waals surface area contributed by atoms with E-state index in [0.29, 0.717) is 5.69 Å². The molecule has 0 aliphatic rings. The number of nitrogens with zero attached hydrogens (tertiary/aromatic N) is 5. The Labute approximate surface area is 236 Å². The van der Waals surface area contributed by atoms with Gasteiger partial charge in [-0.05, 0) is 5.53 Å². The standard InChI is InChI=1S/C20H13N6.3C4H9.Sn/c21-26-25-17-8-6-16(7-9-17)20-23-18(14-4-2-1-3-5-14)19(24-20)15-10-12-22-13-11-15;3*1-3-4-2;/h1-2,4-13H,(H,23,24);3*1,3-4H2,2H3;. The number of aromatic amines is 1. The van der Waals surface area contributed by atoms with Crippen molar-refractivity contribution in [3.05, 3.63) is 83.5 Å². The summed E-state index contributed by atoms with van der Waals surface area (Å²) >= 11 is -2.60. The molecule has 0 bridgehead atoms. The van der Waals surface area contributed by atoms with E-state index in [1.54, 1.807) is 3.58 Å². The van der Waals surface area contributed by atoms with Crippen molar-refractivity contribution in [2.45, 2.75) is 72.6 Å². The summed E-state index contributed by atoms with van der Waals surface area (Å²) in [5, 5.41) is 3.70. The maximum atomic E-state index is 8.76. The number of nitrogens with one attached hydrogen (secondary N) is 1. The number of hydrogen-bond acceptors (Lipinski definition) is 3. The topological polar surface area (TPSA) is 90.3 Å². The number of rotatable bonds is 14. The fourth-order valence-electron chi connectivity index (χ4n) is 5.53. The van der Waals surface area contributed by atoms with Gasteiger partial charge in [0.1, 0.15) is 0 Å². The molecule has 39 heavy (non-hydrogen) atoms. The zero-order chi connectivity index (χ0) is 27.5. The number of azide groups is 1. The Morgan fingerprint density at radius 3 is 2.03 bits per heavy atom. The summed E-state index contributed by atoms with van der Waals surface area (Å²) in [5.41, 5.74) is 14.5. The molecule has 0 fully saturated rings. The Morgan fingerprint density at radius 1 is 0.795 bits per heavy atom. The van der Waals surface area contributed by atoms with Crippen molar-refractivity contribution in [2.24, 2.45) is 5.11 Å². The quantitative estimate of drug-likeness (QED) is 0.0653. The molecule has 1 N–H and O–H groups in total. The fraction of sp³-hybridized carbons (Fsp3) is 0.375. The minimum absolute atomic E-state index is 0.588. The van der Waals surface area contributed by atoms with E-state index in [2.05, 4.69) is 65.0 Å². The first kappa shape index (κ1) is 28.9. The Morgan fingerprint density at radius 2 is 1.44 bits per heavy atom. The average Bonchev–Trinajstić information content (AvgIpc) is 3.44. The van der Waals surface area contributed by atoms with E-state index < -0.39 is 18.4 Å². The van der Waals surface area contributed by atoms with Crippen molar-refractivity contribution in [3.8, 4) is 33.9 Å². The van der Waals surface area contributed by atoms with E-state index in [-0.39, 0.29) is 0 Å². The molecule has 0 atom stereocenters. The normalized spacial score (nSPS) is 11.4. The molecular formula is C32H40N6Sn. The number of pyridine rings is 1. The van der Waals surface area contributed by atoms with Crippen molar-refractivity contribution >= 4 is 27.6 Å². The Hall–Kier alpha value is -3.09. The van der Waals surface area contributed by atoms with Crippen LogP contribution in [0, 0.1) is 0 Å². The molecule has 0 saturated carbocycles. The molecule has 4 rings (SSSR count). The molecule has 202 valence electrons. The van der Waals surface area contributed by atoms with Gasteiger partial charge >= 0.3 is 232 Å². The number of aromatic nitrogens is 3. The Bertz CT molecular complexity index is 1350. The molecule has 7 heteroatoms. The van der Waals surface area contributed by atoms with Gasteiger partial charge in [0, 0.05) is 0 Å². The van der Waals surface area contributed by atoms with Crippen molar-refractivity contribution in [3.63, 3.8) is 0 Å². The third kappa shape index (κ3) is 7.11. The first-order valence-corrected chi connectivity index (χ1v) is 21.9. The molecule has 0 saturated heterocycles. The SMILES string of the molecule is CCC[CH2][Sn]([CH2]CCC)([CH2]CCC)[c]1cccc(-c2nc(-c3ccc(N=[N+]=[N-])cc3)[nH]c2-c2ccncc2)c1. The first-order valence-electron chi connectivity index (χ1n) is 14.4. The second-order valence-corrected chi connectivity index (χ2v) is 23.7. The molecule has 0 aliphatic heterocycles. The van der Waals surface area contributed by atoms with E-state index in [1.807, 2.05) is 48.8 Å². The first-order chi connectivity index (χ1) is 19.1. The molecule has 0 amide bonds. The van der Waals surface area contributed by atoms with Crippen LogP contribution >= 0.6 is 0 Å². The van der Waals surface area contributed by atoms with Crippen molar-refractivity contribution in [1.29, 1.82) is 0 Å². The van der Waals surface area contributed by atoms with Crippen LogP contribution in [0.4, 0.5) is 5.69 Å². The van der Waals surface area contributed by atoms with Gasteiger partial charge in [0.2, 0.25) is 0 Å². The Balaban J connectivity index is 1.83. The molecule has 4 aromatic rings. The molecule has 2 aromatic heterocycles. The third-order valence-electron chi connectivity index (χ3n) is 7.75. The average molecular weight is 627 g/mol. The molecule has 6 nitrogen and oxygen atoms in total. The molecule has 0 aliphatic carbocycles. The predicted octanol–water partition coefficient (Wildman–Crippen LogP) is 9.80. The van der Waals surface area contributed by atoms with Crippen molar-refractivity contribution in [1.82, 2.24) is 15.0 Å². The van der Waals surface area contributed by atoms with Crippen molar-refractivity contribution < 1.29 is 0 Å². The maximum absolute atomic E-state index is 8.76. The summed E-state index contributed by atoms with van der Waals surface area (Å²) in [6, 6.07) is 21.0. The second-order valence-electron chi connectivity index (χ2n) is 10.5. The van der Waals surface area contributed by atoms with Crippen LogP contribution in [0.1, 0.15) is 59.3 Å². The molecule has 2 aromatic carbocycles. The van der Waals surface area contributed by atoms with Gasteiger partial charge in [-0.15, -0.1) is 0 Å². The monoisotopic (exact) mass is 628 g/mol. The van der Waals surface area contributed by atoms with Crippen LogP contribution in [-0.2, 0) is 0 Å². The van der Waals surface area contributed by atoms with Gasteiger partial charge < -0.3 is 0 Å². The van der Waals surface area contributed by atoms with Crippen LogP contribution in [0.2, 0.25) is 13.3 Å².